The highest BCUT2D eigenvalue weighted by molar-refractivity contribution is 7.16. The predicted octanol–water partition coefficient (Wildman–Crippen LogP) is 4.46. The van der Waals surface area contributed by atoms with Crippen molar-refractivity contribution in [2.24, 2.45) is 0 Å². The molecule has 0 spiro atoms. The van der Waals surface area contributed by atoms with Crippen molar-refractivity contribution >= 4 is 56.3 Å². The Kier molecular flexibility index (Phi) is 5.65. The van der Waals surface area contributed by atoms with Gasteiger partial charge in [0.1, 0.15) is 11.0 Å². The lowest BCUT2D eigenvalue weighted by atomic mass is 10.1. The minimum atomic E-state index is -0.758. The van der Waals surface area contributed by atoms with Crippen molar-refractivity contribution in [1.29, 1.82) is 0 Å². The second kappa shape index (κ2) is 8.39. The zero-order valence-corrected chi connectivity index (χ0v) is 18.3. The van der Waals surface area contributed by atoms with Crippen LogP contribution in [0.1, 0.15) is 34.1 Å². The number of anilines is 3. The van der Waals surface area contributed by atoms with E-state index in [1.807, 2.05) is 50.2 Å². The number of carbonyl (C=O) groups is 3. The van der Waals surface area contributed by atoms with E-state index in [0.29, 0.717) is 16.3 Å². The summed E-state index contributed by atoms with van der Waals surface area (Å²) in [6.45, 7) is 5.70. The fourth-order valence-corrected chi connectivity index (χ4v) is 4.77. The van der Waals surface area contributed by atoms with Gasteiger partial charge in [-0.05, 0) is 43.9 Å². The Labute approximate surface area is 183 Å². The fraction of sp³-hybridized carbons (Fsp3) is 0.261. The van der Waals surface area contributed by atoms with Crippen LogP contribution in [0.2, 0.25) is 0 Å². The Bertz CT molecular complexity index is 1200. The van der Waals surface area contributed by atoms with Crippen LogP contribution in [0.15, 0.2) is 36.4 Å². The van der Waals surface area contributed by atoms with Crippen molar-refractivity contribution < 1.29 is 19.1 Å². The maximum absolute atomic E-state index is 12.8. The maximum Gasteiger partial charge on any atom is 0.341 e. The number of ether oxygens (including phenoxy) is 1. The number of esters is 1. The number of amides is 2. The van der Waals surface area contributed by atoms with Gasteiger partial charge in [0.2, 0.25) is 11.8 Å². The summed E-state index contributed by atoms with van der Waals surface area (Å²) in [7, 11) is 0. The van der Waals surface area contributed by atoms with Crippen LogP contribution in [-0.4, -0.2) is 30.4 Å². The molecule has 1 atom stereocenters. The van der Waals surface area contributed by atoms with E-state index in [9.17, 15) is 14.4 Å². The number of benzene rings is 2. The SMILES string of the molecule is CCOC(=O)c1c(NC(=O)C[C@@H]2Nc3cccc4cccc(c34)NC2=O)sc(C)c1C. The van der Waals surface area contributed by atoms with E-state index in [4.69, 9.17) is 4.74 Å². The largest absolute Gasteiger partial charge is 0.462 e. The first kappa shape index (κ1) is 20.9. The number of rotatable bonds is 5. The van der Waals surface area contributed by atoms with Gasteiger partial charge in [0.25, 0.3) is 0 Å². The molecule has 2 amide bonds. The number of nitrogens with one attached hydrogen (secondary N) is 3. The second-order valence-corrected chi connectivity index (χ2v) is 8.58. The van der Waals surface area contributed by atoms with Crippen LogP contribution in [0, 0.1) is 13.8 Å². The molecule has 1 aliphatic heterocycles. The van der Waals surface area contributed by atoms with Crippen LogP contribution < -0.4 is 16.0 Å². The van der Waals surface area contributed by atoms with Crippen molar-refractivity contribution in [1.82, 2.24) is 0 Å². The highest BCUT2D eigenvalue weighted by Gasteiger charge is 2.28. The minimum absolute atomic E-state index is 0.0888. The quantitative estimate of drug-likeness (QED) is 0.512. The number of hydrogen-bond donors (Lipinski definition) is 3. The molecular weight excluding hydrogens is 414 g/mol. The molecule has 2 aromatic carbocycles. The van der Waals surface area contributed by atoms with E-state index < -0.39 is 12.0 Å². The molecule has 4 rings (SSSR count). The molecule has 1 aliphatic rings. The molecule has 0 saturated carbocycles. The highest BCUT2D eigenvalue weighted by Crippen LogP contribution is 2.35. The van der Waals surface area contributed by atoms with Crippen LogP contribution in [-0.2, 0) is 14.3 Å². The molecule has 0 aliphatic carbocycles. The van der Waals surface area contributed by atoms with Gasteiger partial charge in [0, 0.05) is 16.0 Å². The lowest BCUT2D eigenvalue weighted by Gasteiger charge is -2.16. The molecular formula is C23H23N3O4S. The summed E-state index contributed by atoms with van der Waals surface area (Å²) in [5.41, 5.74) is 2.65. The summed E-state index contributed by atoms with van der Waals surface area (Å²) in [6.07, 6.45) is -0.0888. The van der Waals surface area contributed by atoms with E-state index in [1.165, 1.54) is 11.3 Å². The van der Waals surface area contributed by atoms with Gasteiger partial charge in [0.15, 0.2) is 0 Å². The molecule has 0 unspecified atom stereocenters. The molecule has 2 heterocycles. The Morgan fingerprint density at radius 3 is 2.55 bits per heavy atom. The van der Waals surface area contributed by atoms with Crippen molar-refractivity contribution in [3.8, 4) is 0 Å². The van der Waals surface area contributed by atoms with Gasteiger partial charge in [-0.3, -0.25) is 9.59 Å². The minimum Gasteiger partial charge on any atom is -0.462 e. The summed E-state index contributed by atoms with van der Waals surface area (Å²) in [5.74, 6) is -1.12. The molecule has 31 heavy (non-hydrogen) atoms. The Hall–Kier alpha value is -3.39. The number of hydrogen-bond acceptors (Lipinski definition) is 6. The number of aryl methyl sites for hydroxylation is 1. The van der Waals surface area contributed by atoms with Crippen LogP contribution >= 0.6 is 11.3 Å². The van der Waals surface area contributed by atoms with Crippen molar-refractivity contribution in [2.75, 3.05) is 22.6 Å². The number of thiophene rings is 1. The first-order valence-electron chi connectivity index (χ1n) is 10.0. The van der Waals surface area contributed by atoms with Gasteiger partial charge in [-0.15, -0.1) is 11.3 Å². The topological polar surface area (TPSA) is 96.5 Å². The summed E-state index contributed by atoms with van der Waals surface area (Å²) in [6, 6.07) is 10.7. The molecule has 0 radical (unpaired) electrons. The zero-order chi connectivity index (χ0) is 22.1. The van der Waals surface area contributed by atoms with Gasteiger partial charge >= 0.3 is 5.97 Å². The zero-order valence-electron chi connectivity index (χ0n) is 17.5. The van der Waals surface area contributed by atoms with Crippen molar-refractivity contribution in [2.45, 2.75) is 33.2 Å². The smallest absolute Gasteiger partial charge is 0.341 e. The number of carbonyl (C=O) groups excluding carboxylic acids is 3. The summed E-state index contributed by atoms with van der Waals surface area (Å²) >= 11 is 1.32. The van der Waals surface area contributed by atoms with E-state index in [1.54, 1.807) is 6.92 Å². The molecule has 0 bridgehead atoms. The van der Waals surface area contributed by atoms with Crippen LogP contribution in [0.5, 0.6) is 0 Å². The van der Waals surface area contributed by atoms with Crippen molar-refractivity contribution in [3.63, 3.8) is 0 Å². The van der Waals surface area contributed by atoms with Crippen LogP contribution in [0.3, 0.4) is 0 Å². The lowest BCUT2D eigenvalue weighted by Crippen LogP contribution is -2.36. The summed E-state index contributed by atoms with van der Waals surface area (Å²) < 4.78 is 5.14. The van der Waals surface area contributed by atoms with Gasteiger partial charge in [-0.2, -0.15) is 0 Å². The van der Waals surface area contributed by atoms with E-state index >= 15 is 0 Å². The highest BCUT2D eigenvalue weighted by atomic mass is 32.1. The lowest BCUT2D eigenvalue weighted by molar-refractivity contribution is -0.121. The molecule has 0 saturated heterocycles. The van der Waals surface area contributed by atoms with Gasteiger partial charge in [-0.25, -0.2) is 4.79 Å². The molecule has 3 N–H and O–H groups in total. The summed E-state index contributed by atoms with van der Waals surface area (Å²) in [4.78, 5) is 38.9. The third kappa shape index (κ3) is 3.98. The molecule has 1 aromatic heterocycles. The molecule has 8 heteroatoms. The van der Waals surface area contributed by atoms with Crippen molar-refractivity contribution in [3.05, 3.63) is 52.4 Å². The first-order valence-corrected chi connectivity index (χ1v) is 10.9. The average Bonchev–Trinajstić information content (AvgIpc) is 2.92. The Balaban J connectivity index is 1.55. The fourth-order valence-electron chi connectivity index (χ4n) is 3.71. The van der Waals surface area contributed by atoms with E-state index in [0.717, 1.165) is 26.9 Å². The average molecular weight is 438 g/mol. The van der Waals surface area contributed by atoms with Gasteiger partial charge in [-0.1, -0.05) is 24.3 Å². The normalized spacial score (nSPS) is 15.1. The maximum atomic E-state index is 12.8. The monoisotopic (exact) mass is 437 g/mol. The second-order valence-electron chi connectivity index (χ2n) is 7.36. The molecule has 160 valence electrons. The van der Waals surface area contributed by atoms with Gasteiger partial charge < -0.3 is 20.7 Å². The Morgan fingerprint density at radius 1 is 1.13 bits per heavy atom. The van der Waals surface area contributed by atoms with E-state index in [-0.39, 0.29) is 24.8 Å². The molecule has 7 nitrogen and oxygen atoms in total. The van der Waals surface area contributed by atoms with Crippen LogP contribution in [0.4, 0.5) is 16.4 Å². The third-order valence-electron chi connectivity index (χ3n) is 5.32. The Morgan fingerprint density at radius 2 is 1.84 bits per heavy atom. The first-order chi connectivity index (χ1) is 14.9. The van der Waals surface area contributed by atoms with Gasteiger partial charge in [0.05, 0.1) is 24.3 Å². The predicted molar refractivity (Wildman–Crippen MR) is 123 cm³/mol. The summed E-state index contributed by atoms with van der Waals surface area (Å²) in [5, 5.41) is 11.3. The third-order valence-corrected chi connectivity index (χ3v) is 6.44. The molecule has 3 aromatic rings. The standard InChI is InChI=1S/C23H23N3O4S/c1-4-30-23(29)19-12(2)13(3)31-22(19)26-18(27)11-17-21(28)25-16-10-6-8-14-7-5-9-15(24-17)20(14)16/h5-10,17,24H,4,11H2,1-3H3,(H,25,28)(H,26,27)/t17-/m0/s1. The van der Waals surface area contributed by atoms with Crippen LogP contribution in [0.25, 0.3) is 10.8 Å². The molecule has 0 fully saturated rings. The van der Waals surface area contributed by atoms with E-state index in [2.05, 4.69) is 16.0 Å².